The Morgan fingerprint density at radius 1 is 1.42 bits per heavy atom. The molecule has 1 aromatic rings. The van der Waals surface area contributed by atoms with Crippen LogP contribution in [0.4, 0.5) is 0 Å². The van der Waals surface area contributed by atoms with Crippen LogP contribution in [0.3, 0.4) is 0 Å². The Morgan fingerprint density at radius 2 is 2.08 bits per heavy atom. The molecule has 0 aliphatic carbocycles. The summed E-state index contributed by atoms with van der Waals surface area (Å²) >= 11 is 6.15. The number of hydrogen-bond donors (Lipinski definition) is 0. The van der Waals surface area contributed by atoms with Crippen molar-refractivity contribution in [2.75, 3.05) is 0 Å². The van der Waals surface area contributed by atoms with E-state index in [4.69, 9.17) is 11.6 Å². The van der Waals surface area contributed by atoms with E-state index < -0.39 is 0 Å². The van der Waals surface area contributed by atoms with Gasteiger partial charge in [0.2, 0.25) is 0 Å². The first kappa shape index (κ1) is 9.60. The lowest BCUT2D eigenvalue weighted by molar-refractivity contribution is 0.956. The number of rotatable bonds is 2. The third-order valence-electron chi connectivity index (χ3n) is 2.18. The molecule has 0 saturated carbocycles. The molecule has 0 bridgehead atoms. The summed E-state index contributed by atoms with van der Waals surface area (Å²) in [6.07, 6.45) is 1.06. The summed E-state index contributed by atoms with van der Waals surface area (Å²) in [5.74, 6) is 1.35. The molecule has 0 unspecified atom stereocenters. The highest BCUT2D eigenvalue weighted by Gasteiger charge is 2.08. The maximum absolute atomic E-state index is 6.15. The first-order valence-corrected chi connectivity index (χ1v) is 4.62. The third-order valence-corrected chi connectivity index (χ3v) is 2.68. The average molecular weight is 182 g/mol. The highest BCUT2D eigenvalue weighted by Crippen LogP contribution is 2.28. The van der Waals surface area contributed by atoms with Crippen molar-refractivity contribution in [2.24, 2.45) is 0 Å². The van der Waals surface area contributed by atoms with Crippen LogP contribution in [0.1, 0.15) is 31.4 Å². The maximum atomic E-state index is 6.15. The van der Waals surface area contributed by atoms with E-state index in [0.29, 0.717) is 0 Å². The van der Waals surface area contributed by atoms with Gasteiger partial charge in [-0.1, -0.05) is 43.6 Å². The Balaban J connectivity index is 3.07. The van der Waals surface area contributed by atoms with Crippen LogP contribution in [0.5, 0.6) is 0 Å². The predicted octanol–water partition coefficient (Wildman–Crippen LogP) is 4.00. The van der Waals surface area contributed by atoms with E-state index in [1.54, 1.807) is 0 Å². The summed E-state index contributed by atoms with van der Waals surface area (Å²) in [6.45, 7) is 6.31. The van der Waals surface area contributed by atoms with E-state index in [0.717, 1.165) is 17.0 Å². The monoisotopic (exact) mass is 181 g/mol. The smallest absolute Gasteiger partial charge is 0.0473 e. The Kier molecular flexibility index (Phi) is 3.16. The molecule has 1 heteroatoms. The summed E-state index contributed by atoms with van der Waals surface area (Å²) in [5.41, 5.74) is 2.35. The molecule has 0 aromatic heterocycles. The molecule has 0 atom stereocenters. The normalized spacial score (nSPS) is 10.8. The first-order valence-electron chi connectivity index (χ1n) is 4.24. The van der Waals surface area contributed by atoms with Crippen LogP contribution >= 0.6 is 11.6 Å². The van der Waals surface area contributed by atoms with Crippen LogP contribution in [0.15, 0.2) is 18.2 Å². The van der Waals surface area contributed by atoms with Crippen molar-refractivity contribution < 1.29 is 0 Å². The molecule has 0 aliphatic rings. The number of aryl methyl sites for hydroxylation is 1. The van der Waals surface area contributed by atoms with Crippen molar-refractivity contribution in [3.05, 3.63) is 40.3 Å². The number of hydrogen-bond acceptors (Lipinski definition) is 0. The zero-order chi connectivity index (χ0) is 9.14. The second-order valence-corrected chi connectivity index (χ2v) is 3.45. The summed E-state index contributed by atoms with van der Waals surface area (Å²) in [4.78, 5) is 0. The van der Waals surface area contributed by atoms with Crippen LogP contribution in [0.25, 0.3) is 0 Å². The Morgan fingerprint density at radius 3 is 2.67 bits per heavy atom. The predicted molar refractivity (Wildman–Crippen MR) is 54.5 cm³/mol. The fourth-order valence-electron chi connectivity index (χ4n) is 1.17. The zero-order valence-electron chi connectivity index (χ0n) is 7.82. The van der Waals surface area contributed by atoms with E-state index in [2.05, 4.69) is 26.0 Å². The van der Waals surface area contributed by atoms with Crippen molar-refractivity contribution in [1.82, 2.24) is 0 Å². The minimum atomic E-state index is 0.900. The van der Waals surface area contributed by atoms with Crippen molar-refractivity contribution >= 4 is 11.6 Å². The van der Waals surface area contributed by atoms with Gasteiger partial charge < -0.3 is 0 Å². The summed E-state index contributed by atoms with van der Waals surface area (Å²) in [5, 5.41) is 0.900. The van der Waals surface area contributed by atoms with Crippen LogP contribution in [0, 0.1) is 12.8 Å². The average Bonchev–Trinajstić information content (AvgIpc) is 2.08. The largest absolute Gasteiger partial charge is 0.0837 e. The van der Waals surface area contributed by atoms with Crippen molar-refractivity contribution in [1.29, 1.82) is 0 Å². The Bertz CT molecular complexity index is 266. The zero-order valence-corrected chi connectivity index (χ0v) is 8.57. The molecule has 0 amide bonds. The lowest BCUT2D eigenvalue weighted by Gasteiger charge is -2.11. The van der Waals surface area contributed by atoms with Gasteiger partial charge in [-0.2, -0.15) is 0 Å². The molecule has 0 fully saturated rings. The highest BCUT2D eigenvalue weighted by molar-refractivity contribution is 6.32. The number of benzene rings is 1. The molecule has 0 aliphatic heterocycles. The molecule has 1 radical (unpaired) electrons. The summed E-state index contributed by atoms with van der Waals surface area (Å²) in [7, 11) is 0. The second-order valence-electron chi connectivity index (χ2n) is 3.07. The SMILES string of the molecule is CC[C](C)c1cccc(C)c1Cl. The van der Waals surface area contributed by atoms with Gasteiger partial charge in [-0.15, -0.1) is 0 Å². The van der Waals surface area contributed by atoms with E-state index in [9.17, 15) is 0 Å². The van der Waals surface area contributed by atoms with Gasteiger partial charge in [-0.3, -0.25) is 0 Å². The topological polar surface area (TPSA) is 0 Å². The minimum Gasteiger partial charge on any atom is -0.0837 e. The molecule has 0 heterocycles. The first-order chi connectivity index (χ1) is 5.66. The fraction of sp³-hybridized carbons (Fsp3) is 0.364. The van der Waals surface area contributed by atoms with Gasteiger partial charge in [0.15, 0.2) is 0 Å². The molecule has 12 heavy (non-hydrogen) atoms. The molecular formula is C11H14Cl. The van der Waals surface area contributed by atoms with Gasteiger partial charge in [0.05, 0.1) is 0 Å². The van der Waals surface area contributed by atoms with Crippen molar-refractivity contribution in [2.45, 2.75) is 27.2 Å². The van der Waals surface area contributed by atoms with E-state index in [-0.39, 0.29) is 0 Å². The Labute approximate surface area is 79.6 Å². The standard InChI is InChI=1S/C11H14Cl/c1-4-8(2)10-7-5-6-9(3)11(10)12/h5-7H,4H2,1-3H3. The van der Waals surface area contributed by atoms with Crippen LogP contribution in [-0.2, 0) is 0 Å². The van der Waals surface area contributed by atoms with E-state index in [1.165, 1.54) is 11.5 Å². The van der Waals surface area contributed by atoms with Crippen LogP contribution in [-0.4, -0.2) is 0 Å². The molecule has 0 nitrogen and oxygen atoms in total. The van der Waals surface area contributed by atoms with Gasteiger partial charge in [0, 0.05) is 10.9 Å². The molecule has 65 valence electrons. The molecule has 0 N–H and O–H groups in total. The molecular weight excluding hydrogens is 168 g/mol. The van der Waals surface area contributed by atoms with Crippen molar-refractivity contribution in [3.8, 4) is 0 Å². The van der Waals surface area contributed by atoms with Gasteiger partial charge in [-0.25, -0.2) is 0 Å². The molecule has 1 aromatic carbocycles. The summed E-state index contributed by atoms with van der Waals surface area (Å²) in [6, 6.07) is 6.17. The lowest BCUT2D eigenvalue weighted by atomic mass is 9.97. The van der Waals surface area contributed by atoms with E-state index in [1.807, 2.05) is 13.0 Å². The summed E-state index contributed by atoms with van der Waals surface area (Å²) < 4.78 is 0. The quantitative estimate of drug-likeness (QED) is 0.647. The van der Waals surface area contributed by atoms with Gasteiger partial charge in [0.25, 0.3) is 0 Å². The second kappa shape index (κ2) is 3.95. The fourth-order valence-corrected chi connectivity index (χ4v) is 1.45. The van der Waals surface area contributed by atoms with Gasteiger partial charge in [0.1, 0.15) is 0 Å². The highest BCUT2D eigenvalue weighted by atomic mass is 35.5. The van der Waals surface area contributed by atoms with Gasteiger partial charge >= 0.3 is 0 Å². The molecule has 0 spiro atoms. The van der Waals surface area contributed by atoms with Gasteiger partial charge in [-0.05, 0) is 24.5 Å². The third kappa shape index (κ3) is 1.81. The Hall–Kier alpha value is -0.490. The van der Waals surface area contributed by atoms with E-state index >= 15 is 0 Å². The maximum Gasteiger partial charge on any atom is 0.0473 e. The lowest BCUT2D eigenvalue weighted by Crippen LogP contribution is -1.94. The molecule has 1 rings (SSSR count). The van der Waals surface area contributed by atoms with Crippen LogP contribution in [0.2, 0.25) is 5.02 Å². The minimum absolute atomic E-state index is 0.900. The van der Waals surface area contributed by atoms with Crippen molar-refractivity contribution in [3.63, 3.8) is 0 Å². The van der Waals surface area contributed by atoms with Crippen LogP contribution < -0.4 is 0 Å². The number of halogens is 1. The molecule has 0 saturated heterocycles.